The summed E-state index contributed by atoms with van der Waals surface area (Å²) in [6.45, 7) is 1.81. The Hall–Kier alpha value is -1.32. The van der Waals surface area contributed by atoms with Gasteiger partial charge in [0.05, 0.1) is 0 Å². The average Bonchev–Trinajstić information content (AvgIpc) is 2.65. The zero-order chi connectivity index (χ0) is 10.7. The molecule has 4 nitrogen and oxygen atoms in total. The topological polar surface area (TPSA) is 55.1 Å². The number of carbonyl (C=O) groups excluding carboxylic acids is 1. The lowest BCUT2D eigenvalue weighted by atomic mass is 9.89. The van der Waals surface area contributed by atoms with Crippen LogP contribution in [-0.2, 0) is 4.79 Å². The van der Waals surface area contributed by atoms with E-state index in [0.29, 0.717) is 11.6 Å². The Bertz CT molecular complexity index is 340. The summed E-state index contributed by atoms with van der Waals surface area (Å²) in [7, 11) is 0. The first-order chi connectivity index (χ1) is 7.25. The van der Waals surface area contributed by atoms with Crippen LogP contribution in [0.5, 0.6) is 0 Å². The van der Waals surface area contributed by atoms with Crippen molar-refractivity contribution < 1.29 is 9.32 Å². The molecule has 1 heterocycles. The average molecular weight is 208 g/mol. The minimum absolute atomic E-state index is 0.0861. The molecule has 1 aromatic rings. The molecule has 1 saturated carbocycles. The van der Waals surface area contributed by atoms with E-state index >= 15 is 0 Å². The van der Waals surface area contributed by atoms with E-state index in [1.807, 2.05) is 6.92 Å². The Morgan fingerprint density at radius 3 is 2.80 bits per heavy atom. The largest absolute Gasteiger partial charge is 0.360 e. The standard InChI is InChI=1S/C11H16N2O2/c1-8-7-10(13-15-8)12-11(14)9-5-3-2-4-6-9/h7,9H,2-6H2,1H3,(H,12,13,14). The minimum atomic E-state index is 0.0861. The number of aryl methyl sites for hydroxylation is 1. The van der Waals surface area contributed by atoms with E-state index in [0.717, 1.165) is 25.7 Å². The molecule has 82 valence electrons. The van der Waals surface area contributed by atoms with Gasteiger partial charge in [-0.15, -0.1) is 0 Å². The third-order valence-corrected chi connectivity index (χ3v) is 2.86. The smallest absolute Gasteiger partial charge is 0.228 e. The SMILES string of the molecule is Cc1cc(NC(=O)C2CCCCC2)no1. The van der Waals surface area contributed by atoms with Gasteiger partial charge in [0.1, 0.15) is 5.76 Å². The Morgan fingerprint density at radius 1 is 1.47 bits per heavy atom. The molecule has 0 radical (unpaired) electrons. The van der Waals surface area contributed by atoms with Crippen molar-refractivity contribution >= 4 is 11.7 Å². The molecule has 0 atom stereocenters. The second kappa shape index (κ2) is 4.47. The third-order valence-electron chi connectivity index (χ3n) is 2.86. The highest BCUT2D eigenvalue weighted by Crippen LogP contribution is 2.24. The highest BCUT2D eigenvalue weighted by Gasteiger charge is 2.21. The Morgan fingerprint density at radius 2 is 2.20 bits per heavy atom. The first kappa shape index (κ1) is 10.2. The molecule has 1 aromatic heterocycles. The Balaban J connectivity index is 1.91. The summed E-state index contributed by atoms with van der Waals surface area (Å²) in [5.74, 6) is 1.50. The molecule has 1 aliphatic rings. The molecule has 1 N–H and O–H groups in total. The van der Waals surface area contributed by atoms with Gasteiger partial charge in [0, 0.05) is 12.0 Å². The molecule has 1 fully saturated rings. The monoisotopic (exact) mass is 208 g/mol. The van der Waals surface area contributed by atoms with Crippen LogP contribution in [0.25, 0.3) is 0 Å². The predicted molar refractivity (Wildman–Crippen MR) is 56.4 cm³/mol. The predicted octanol–water partition coefficient (Wildman–Crippen LogP) is 2.50. The molecule has 4 heteroatoms. The molecular formula is C11H16N2O2. The van der Waals surface area contributed by atoms with E-state index in [2.05, 4.69) is 10.5 Å². The molecule has 0 aliphatic heterocycles. The summed E-state index contributed by atoms with van der Waals surface area (Å²) < 4.78 is 4.89. The normalized spacial score (nSPS) is 17.7. The van der Waals surface area contributed by atoms with E-state index < -0.39 is 0 Å². The van der Waals surface area contributed by atoms with Crippen LogP contribution >= 0.6 is 0 Å². The Labute approximate surface area is 89.0 Å². The van der Waals surface area contributed by atoms with Crippen LogP contribution in [0.2, 0.25) is 0 Å². The van der Waals surface area contributed by atoms with Crippen LogP contribution in [0.4, 0.5) is 5.82 Å². The van der Waals surface area contributed by atoms with Crippen molar-refractivity contribution in [2.75, 3.05) is 5.32 Å². The fourth-order valence-corrected chi connectivity index (χ4v) is 2.02. The van der Waals surface area contributed by atoms with Crippen LogP contribution in [0, 0.1) is 12.8 Å². The van der Waals surface area contributed by atoms with Crippen molar-refractivity contribution in [3.63, 3.8) is 0 Å². The molecule has 0 spiro atoms. The quantitative estimate of drug-likeness (QED) is 0.812. The highest BCUT2D eigenvalue weighted by molar-refractivity contribution is 5.91. The van der Waals surface area contributed by atoms with Crippen molar-refractivity contribution in [2.45, 2.75) is 39.0 Å². The maximum atomic E-state index is 11.8. The zero-order valence-electron chi connectivity index (χ0n) is 8.95. The molecular weight excluding hydrogens is 192 g/mol. The number of rotatable bonds is 2. The summed E-state index contributed by atoms with van der Waals surface area (Å²) in [6.07, 6.45) is 5.59. The van der Waals surface area contributed by atoms with Gasteiger partial charge in [0.2, 0.25) is 5.91 Å². The van der Waals surface area contributed by atoms with Gasteiger partial charge in [0.15, 0.2) is 5.82 Å². The van der Waals surface area contributed by atoms with Crippen molar-refractivity contribution in [3.05, 3.63) is 11.8 Å². The van der Waals surface area contributed by atoms with Gasteiger partial charge >= 0.3 is 0 Å². The van der Waals surface area contributed by atoms with Crippen LogP contribution in [0.1, 0.15) is 37.9 Å². The van der Waals surface area contributed by atoms with Crippen LogP contribution in [0.3, 0.4) is 0 Å². The maximum Gasteiger partial charge on any atom is 0.228 e. The minimum Gasteiger partial charge on any atom is -0.360 e. The van der Waals surface area contributed by atoms with Gasteiger partial charge in [-0.1, -0.05) is 24.4 Å². The molecule has 0 saturated heterocycles. The number of nitrogens with one attached hydrogen (secondary N) is 1. The first-order valence-electron chi connectivity index (χ1n) is 5.50. The summed E-state index contributed by atoms with van der Waals surface area (Å²) in [5.41, 5.74) is 0. The van der Waals surface area contributed by atoms with E-state index in [-0.39, 0.29) is 11.8 Å². The van der Waals surface area contributed by atoms with Gasteiger partial charge in [0.25, 0.3) is 0 Å². The van der Waals surface area contributed by atoms with Crippen molar-refractivity contribution in [1.29, 1.82) is 0 Å². The molecule has 1 amide bonds. The second-order valence-corrected chi connectivity index (χ2v) is 4.15. The van der Waals surface area contributed by atoms with Crippen LogP contribution in [0.15, 0.2) is 10.6 Å². The maximum absolute atomic E-state index is 11.8. The zero-order valence-corrected chi connectivity index (χ0v) is 8.95. The Kier molecular flexibility index (Phi) is 3.04. The van der Waals surface area contributed by atoms with E-state index in [4.69, 9.17) is 4.52 Å². The van der Waals surface area contributed by atoms with Gasteiger partial charge in [-0.3, -0.25) is 4.79 Å². The van der Waals surface area contributed by atoms with Crippen molar-refractivity contribution in [3.8, 4) is 0 Å². The molecule has 2 rings (SSSR count). The molecule has 1 aliphatic carbocycles. The number of hydrogen-bond acceptors (Lipinski definition) is 3. The number of hydrogen-bond donors (Lipinski definition) is 1. The summed E-state index contributed by atoms with van der Waals surface area (Å²) in [5, 5.41) is 6.53. The lowest BCUT2D eigenvalue weighted by molar-refractivity contribution is -0.120. The number of carbonyl (C=O) groups is 1. The van der Waals surface area contributed by atoms with Gasteiger partial charge in [-0.2, -0.15) is 0 Å². The number of nitrogens with zero attached hydrogens (tertiary/aromatic N) is 1. The fraction of sp³-hybridized carbons (Fsp3) is 0.636. The van der Waals surface area contributed by atoms with Crippen molar-refractivity contribution in [1.82, 2.24) is 5.16 Å². The fourth-order valence-electron chi connectivity index (χ4n) is 2.02. The highest BCUT2D eigenvalue weighted by atomic mass is 16.5. The van der Waals surface area contributed by atoms with Crippen molar-refractivity contribution in [2.24, 2.45) is 5.92 Å². The second-order valence-electron chi connectivity index (χ2n) is 4.15. The number of anilines is 1. The van der Waals surface area contributed by atoms with Gasteiger partial charge in [-0.25, -0.2) is 0 Å². The van der Waals surface area contributed by atoms with Gasteiger partial charge in [-0.05, 0) is 19.8 Å². The molecule has 0 aromatic carbocycles. The summed E-state index contributed by atoms with van der Waals surface area (Å²) in [6, 6.07) is 1.74. The summed E-state index contributed by atoms with van der Waals surface area (Å²) in [4.78, 5) is 11.8. The lowest BCUT2D eigenvalue weighted by Gasteiger charge is -2.19. The molecule has 15 heavy (non-hydrogen) atoms. The van der Waals surface area contributed by atoms with Crippen LogP contribution < -0.4 is 5.32 Å². The van der Waals surface area contributed by atoms with Gasteiger partial charge < -0.3 is 9.84 Å². The van der Waals surface area contributed by atoms with E-state index in [9.17, 15) is 4.79 Å². The molecule has 0 unspecified atom stereocenters. The van der Waals surface area contributed by atoms with E-state index in [1.54, 1.807) is 6.07 Å². The first-order valence-corrected chi connectivity index (χ1v) is 5.50. The molecule has 0 bridgehead atoms. The van der Waals surface area contributed by atoms with E-state index in [1.165, 1.54) is 6.42 Å². The third kappa shape index (κ3) is 2.58. The lowest BCUT2D eigenvalue weighted by Crippen LogP contribution is -2.24. The van der Waals surface area contributed by atoms with Crippen LogP contribution in [-0.4, -0.2) is 11.1 Å². The summed E-state index contributed by atoms with van der Waals surface area (Å²) >= 11 is 0. The number of aromatic nitrogens is 1. The number of amides is 1.